The lowest BCUT2D eigenvalue weighted by atomic mass is 10.4. The Bertz CT molecular complexity index is 729. The van der Waals surface area contributed by atoms with Gasteiger partial charge in [0.1, 0.15) is 11.8 Å². The van der Waals surface area contributed by atoms with Gasteiger partial charge in [0, 0.05) is 4.88 Å². The Hall–Kier alpha value is -1.73. The van der Waals surface area contributed by atoms with Crippen LogP contribution in [0, 0.1) is 4.77 Å². The van der Waals surface area contributed by atoms with Crippen molar-refractivity contribution < 1.29 is 4.74 Å². The molecule has 0 saturated carbocycles. The van der Waals surface area contributed by atoms with E-state index in [2.05, 4.69) is 21.0 Å². The third-order valence-electron chi connectivity index (χ3n) is 2.61. The van der Waals surface area contributed by atoms with Crippen molar-refractivity contribution in [1.82, 2.24) is 19.5 Å². The quantitative estimate of drug-likeness (QED) is 0.748. The molecule has 3 rings (SSSR count). The average molecular weight is 278 g/mol. The first-order valence-corrected chi connectivity index (χ1v) is 6.58. The van der Waals surface area contributed by atoms with Crippen molar-refractivity contribution in [3.8, 4) is 5.88 Å². The first-order chi connectivity index (χ1) is 8.79. The summed E-state index contributed by atoms with van der Waals surface area (Å²) in [7, 11) is 1.58. The third-order valence-corrected chi connectivity index (χ3v) is 3.80. The predicted octanol–water partition coefficient (Wildman–Crippen LogP) is 2.61. The maximum absolute atomic E-state index is 5.32. The van der Waals surface area contributed by atoms with Crippen LogP contribution in [0.3, 0.4) is 0 Å². The minimum absolute atomic E-state index is 0.510. The Kier molecular flexibility index (Phi) is 2.85. The Balaban J connectivity index is 2.17. The van der Waals surface area contributed by atoms with E-state index in [0.717, 1.165) is 11.2 Å². The van der Waals surface area contributed by atoms with Crippen LogP contribution >= 0.6 is 23.6 Å². The Labute approximate surface area is 112 Å². The van der Waals surface area contributed by atoms with E-state index < -0.39 is 0 Å². The number of ether oxygens (including phenoxy) is 1. The van der Waals surface area contributed by atoms with Crippen LogP contribution in [-0.4, -0.2) is 26.6 Å². The van der Waals surface area contributed by atoms with E-state index in [0.29, 0.717) is 17.2 Å². The largest absolute Gasteiger partial charge is 0.479 e. The number of thiophene rings is 1. The molecule has 3 aromatic rings. The third kappa shape index (κ3) is 1.81. The van der Waals surface area contributed by atoms with Crippen molar-refractivity contribution in [3.05, 3.63) is 33.5 Å². The molecule has 5 nitrogen and oxygen atoms in total. The van der Waals surface area contributed by atoms with Crippen molar-refractivity contribution >= 4 is 34.7 Å². The summed E-state index contributed by atoms with van der Waals surface area (Å²) in [6.07, 6.45) is 1.48. The van der Waals surface area contributed by atoms with Gasteiger partial charge in [-0.05, 0) is 23.7 Å². The van der Waals surface area contributed by atoms with E-state index in [-0.39, 0.29) is 0 Å². The molecule has 0 spiro atoms. The molecule has 0 bridgehead atoms. The second kappa shape index (κ2) is 4.51. The lowest BCUT2D eigenvalue weighted by Gasteiger charge is -2.02. The van der Waals surface area contributed by atoms with Crippen LogP contribution in [0.4, 0.5) is 0 Å². The number of nitrogens with zero attached hydrogens (tertiary/aromatic N) is 3. The highest BCUT2D eigenvalue weighted by Crippen LogP contribution is 2.21. The maximum atomic E-state index is 5.32. The van der Waals surface area contributed by atoms with Gasteiger partial charge in [0.2, 0.25) is 5.88 Å². The van der Waals surface area contributed by atoms with Crippen LogP contribution in [0.2, 0.25) is 0 Å². The molecule has 0 aromatic carbocycles. The molecule has 0 amide bonds. The second-order valence-electron chi connectivity index (χ2n) is 3.68. The number of nitrogens with one attached hydrogen (secondary N) is 1. The average Bonchev–Trinajstić information content (AvgIpc) is 2.99. The van der Waals surface area contributed by atoms with Crippen molar-refractivity contribution in [2.24, 2.45) is 0 Å². The molecule has 3 aromatic heterocycles. The predicted molar refractivity (Wildman–Crippen MR) is 72.7 cm³/mol. The highest BCUT2D eigenvalue weighted by atomic mass is 32.1. The number of fused-ring (bicyclic) bond motifs is 1. The smallest absolute Gasteiger partial charge is 0.242 e. The van der Waals surface area contributed by atoms with Crippen molar-refractivity contribution in [3.63, 3.8) is 0 Å². The number of methoxy groups -OCH3 is 1. The first-order valence-electron chi connectivity index (χ1n) is 5.29. The number of rotatable bonds is 3. The first kappa shape index (κ1) is 11.4. The minimum atomic E-state index is 0.510. The van der Waals surface area contributed by atoms with Gasteiger partial charge in [-0.1, -0.05) is 6.07 Å². The van der Waals surface area contributed by atoms with E-state index in [9.17, 15) is 0 Å². The maximum Gasteiger partial charge on any atom is 0.242 e. The number of hydrogen-bond donors (Lipinski definition) is 1. The molecule has 0 saturated heterocycles. The molecule has 7 heteroatoms. The summed E-state index contributed by atoms with van der Waals surface area (Å²) >= 11 is 7.01. The summed E-state index contributed by atoms with van der Waals surface area (Å²) in [5, 5.41) is 2.04. The molecule has 18 heavy (non-hydrogen) atoms. The zero-order valence-corrected chi connectivity index (χ0v) is 11.2. The number of imidazole rings is 1. The van der Waals surface area contributed by atoms with Gasteiger partial charge in [-0.15, -0.1) is 11.3 Å². The molecule has 0 unspecified atom stereocenters. The molecule has 3 heterocycles. The normalized spacial score (nSPS) is 10.9. The molecule has 1 N–H and O–H groups in total. The summed E-state index contributed by atoms with van der Waals surface area (Å²) < 4.78 is 7.76. The monoisotopic (exact) mass is 278 g/mol. The van der Waals surface area contributed by atoms with Gasteiger partial charge in [0.05, 0.1) is 13.7 Å². The number of hydrogen-bond acceptors (Lipinski definition) is 5. The van der Waals surface area contributed by atoms with E-state index >= 15 is 0 Å². The van der Waals surface area contributed by atoms with E-state index in [1.807, 2.05) is 16.0 Å². The molecular formula is C11H10N4OS2. The van der Waals surface area contributed by atoms with E-state index in [1.54, 1.807) is 18.4 Å². The van der Waals surface area contributed by atoms with Crippen LogP contribution in [0.1, 0.15) is 4.88 Å². The molecule has 0 fully saturated rings. The highest BCUT2D eigenvalue weighted by molar-refractivity contribution is 7.71. The Morgan fingerprint density at radius 2 is 2.39 bits per heavy atom. The number of H-pyrrole nitrogens is 1. The van der Waals surface area contributed by atoms with Gasteiger partial charge in [0.25, 0.3) is 0 Å². The summed E-state index contributed by atoms with van der Waals surface area (Å²) in [5.74, 6) is 0.510. The molecule has 0 atom stereocenters. The summed E-state index contributed by atoms with van der Waals surface area (Å²) in [5.41, 5.74) is 1.50. The lowest BCUT2D eigenvalue weighted by Crippen LogP contribution is -1.99. The van der Waals surface area contributed by atoms with Crippen LogP contribution in [-0.2, 0) is 6.54 Å². The van der Waals surface area contributed by atoms with Crippen molar-refractivity contribution in [1.29, 1.82) is 0 Å². The van der Waals surface area contributed by atoms with E-state index in [1.165, 1.54) is 11.2 Å². The highest BCUT2D eigenvalue weighted by Gasteiger charge is 2.11. The van der Waals surface area contributed by atoms with Gasteiger partial charge in [-0.25, -0.2) is 4.98 Å². The zero-order valence-electron chi connectivity index (χ0n) is 9.58. The fraction of sp³-hybridized carbons (Fsp3) is 0.182. The fourth-order valence-electron chi connectivity index (χ4n) is 1.81. The zero-order chi connectivity index (χ0) is 12.5. The summed E-state index contributed by atoms with van der Waals surface area (Å²) in [6.45, 7) is 0.705. The van der Waals surface area contributed by atoms with E-state index in [4.69, 9.17) is 17.0 Å². The lowest BCUT2D eigenvalue weighted by molar-refractivity contribution is 0.401. The molecule has 92 valence electrons. The summed E-state index contributed by atoms with van der Waals surface area (Å²) in [4.78, 5) is 12.6. The standard InChI is InChI=1S/C11H10N4OS2/c1-16-10-8-9(12-6-13-10)15(11(17)14-8)5-7-3-2-4-18-7/h2-4,6H,5H2,1H3,(H,14,17). The Morgan fingerprint density at radius 1 is 1.50 bits per heavy atom. The molecule has 0 aliphatic carbocycles. The molecule has 0 aliphatic heterocycles. The number of aromatic amines is 1. The van der Waals surface area contributed by atoms with Crippen LogP contribution in [0.15, 0.2) is 23.8 Å². The van der Waals surface area contributed by atoms with Gasteiger partial charge >= 0.3 is 0 Å². The molecule has 0 radical (unpaired) electrons. The fourth-order valence-corrected chi connectivity index (χ4v) is 2.75. The topological polar surface area (TPSA) is 55.7 Å². The minimum Gasteiger partial charge on any atom is -0.479 e. The SMILES string of the molecule is COc1ncnc2c1[nH]c(=S)n2Cc1cccs1. The number of aromatic nitrogens is 4. The van der Waals surface area contributed by atoms with Crippen molar-refractivity contribution in [2.75, 3.05) is 7.11 Å². The van der Waals surface area contributed by atoms with Crippen LogP contribution in [0.25, 0.3) is 11.2 Å². The van der Waals surface area contributed by atoms with Gasteiger partial charge in [-0.3, -0.25) is 4.57 Å². The second-order valence-corrected chi connectivity index (χ2v) is 5.10. The molecule has 0 aliphatic rings. The van der Waals surface area contributed by atoms with Gasteiger partial charge in [0.15, 0.2) is 10.4 Å². The van der Waals surface area contributed by atoms with Gasteiger partial charge in [-0.2, -0.15) is 4.98 Å². The molecular weight excluding hydrogens is 268 g/mol. The summed E-state index contributed by atoms with van der Waals surface area (Å²) in [6, 6.07) is 4.09. The van der Waals surface area contributed by atoms with Crippen LogP contribution in [0.5, 0.6) is 5.88 Å². The van der Waals surface area contributed by atoms with Crippen molar-refractivity contribution in [2.45, 2.75) is 6.54 Å². The Morgan fingerprint density at radius 3 is 3.11 bits per heavy atom. The van der Waals surface area contributed by atoms with Crippen LogP contribution < -0.4 is 4.74 Å². The van der Waals surface area contributed by atoms with Gasteiger partial charge < -0.3 is 9.72 Å².